The first-order valence-corrected chi connectivity index (χ1v) is 5.88. The summed E-state index contributed by atoms with van der Waals surface area (Å²) < 4.78 is 4.61. The van der Waals surface area contributed by atoms with E-state index in [9.17, 15) is 4.79 Å². The predicted molar refractivity (Wildman–Crippen MR) is 62.9 cm³/mol. The van der Waals surface area contributed by atoms with Crippen LogP contribution in [0.3, 0.4) is 0 Å². The average Bonchev–Trinajstić information content (AvgIpc) is 2.25. The fraction of sp³-hybridized carbons (Fsp3) is 0.917. The first-order valence-electron chi connectivity index (χ1n) is 5.88. The predicted octanol–water partition coefficient (Wildman–Crippen LogP) is 2.45. The van der Waals surface area contributed by atoms with Crippen LogP contribution in [0.5, 0.6) is 0 Å². The molecule has 0 aliphatic rings. The molecule has 15 heavy (non-hydrogen) atoms. The van der Waals surface area contributed by atoms with Gasteiger partial charge in [-0.2, -0.15) is 0 Å². The molecule has 0 saturated carbocycles. The van der Waals surface area contributed by atoms with E-state index in [2.05, 4.69) is 30.5 Å². The summed E-state index contributed by atoms with van der Waals surface area (Å²) >= 11 is 0. The number of hydrogen-bond donors (Lipinski definition) is 0. The number of carbonyl (C=O) groups excluding carboxylic acids is 1. The standard InChI is InChI=1S/C12H25NO2/c1-5-6-7-8-11(2)13(3)10-9-12(14)15-4/h11H,5-10H2,1-4H3. The van der Waals surface area contributed by atoms with Crippen LogP contribution in [-0.2, 0) is 9.53 Å². The summed E-state index contributed by atoms with van der Waals surface area (Å²) in [5.41, 5.74) is 0. The van der Waals surface area contributed by atoms with Crippen molar-refractivity contribution in [2.75, 3.05) is 20.7 Å². The Morgan fingerprint density at radius 3 is 2.60 bits per heavy atom. The van der Waals surface area contributed by atoms with Gasteiger partial charge in [-0.15, -0.1) is 0 Å². The average molecular weight is 215 g/mol. The number of methoxy groups -OCH3 is 1. The van der Waals surface area contributed by atoms with E-state index < -0.39 is 0 Å². The van der Waals surface area contributed by atoms with Crippen molar-refractivity contribution in [3.05, 3.63) is 0 Å². The molecule has 0 spiro atoms. The first kappa shape index (κ1) is 14.4. The van der Waals surface area contributed by atoms with Gasteiger partial charge in [0.1, 0.15) is 0 Å². The summed E-state index contributed by atoms with van der Waals surface area (Å²) in [5, 5.41) is 0. The highest BCUT2D eigenvalue weighted by Crippen LogP contribution is 2.08. The van der Waals surface area contributed by atoms with Gasteiger partial charge < -0.3 is 9.64 Å². The molecule has 0 N–H and O–H groups in total. The third-order valence-corrected chi connectivity index (χ3v) is 2.87. The van der Waals surface area contributed by atoms with Gasteiger partial charge in [0, 0.05) is 12.6 Å². The van der Waals surface area contributed by atoms with Crippen LogP contribution in [-0.4, -0.2) is 37.6 Å². The summed E-state index contributed by atoms with van der Waals surface area (Å²) in [6.07, 6.45) is 5.55. The molecular weight excluding hydrogens is 190 g/mol. The molecule has 0 saturated heterocycles. The molecule has 0 aromatic heterocycles. The first-order chi connectivity index (χ1) is 7.11. The molecule has 0 rings (SSSR count). The van der Waals surface area contributed by atoms with Crippen LogP contribution in [0.25, 0.3) is 0 Å². The van der Waals surface area contributed by atoms with Crippen molar-refractivity contribution < 1.29 is 9.53 Å². The van der Waals surface area contributed by atoms with Gasteiger partial charge in [-0.25, -0.2) is 0 Å². The third-order valence-electron chi connectivity index (χ3n) is 2.87. The van der Waals surface area contributed by atoms with Gasteiger partial charge >= 0.3 is 5.97 Å². The summed E-state index contributed by atoms with van der Waals surface area (Å²) in [6.45, 7) is 5.22. The van der Waals surface area contributed by atoms with Gasteiger partial charge in [-0.1, -0.05) is 26.2 Å². The van der Waals surface area contributed by atoms with Gasteiger partial charge in [0.2, 0.25) is 0 Å². The van der Waals surface area contributed by atoms with Gasteiger partial charge in [-0.05, 0) is 20.4 Å². The molecule has 3 nitrogen and oxygen atoms in total. The molecular formula is C12H25NO2. The van der Waals surface area contributed by atoms with E-state index in [1.807, 2.05) is 0 Å². The van der Waals surface area contributed by atoms with Crippen molar-refractivity contribution in [1.29, 1.82) is 0 Å². The maximum absolute atomic E-state index is 11.0. The maximum atomic E-state index is 11.0. The minimum atomic E-state index is -0.123. The molecule has 0 aliphatic heterocycles. The second kappa shape index (κ2) is 8.72. The lowest BCUT2D eigenvalue weighted by Crippen LogP contribution is -2.31. The Labute approximate surface area is 93.8 Å². The highest BCUT2D eigenvalue weighted by atomic mass is 16.5. The molecule has 0 fully saturated rings. The lowest BCUT2D eigenvalue weighted by atomic mass is 10.1. The van der Waals surface area contributed by atoms with E-state index in [0.29, 0.717) is 12.5 Å². The Hall–Kier alpha value is -0.570. The smallest absolute Gasteiger partial charge is 0.306 e. The van der Waals surface area contributed by atoms with E-state index in [1.165, 1.54) is 32.8 Å². The minimum absolute atomic E-state index is 0.123. The van der Waals surface area contributed by atoms with Gasteiger partial charge in [0.05, 0.1) is 13.5 Å². The van der Waals surface area contributed by atoms with E-state index in [4.69, 9.17) is 0 Å². The van der Waals surface area contributed by atoms with E-state index in [1.54, 1.807) is 0 Å². The number of unbranched alkanes of at least 4 members (excludes halogenated alkanes) is 2. The van der Waals surface area contributed by atoms with Crippen molar-refractivity contribution in [2.24, 2.45) is 0 Å². The number of ether oxygens (including phenoxy) is 1. The van der Waals surface area contributed by atoms with Crippen LogP contribution in [0.4, 0.5) is 0 Å². The Kier molecular flexibility index (Phi) is 8.38. The quantitative estimate of drug-likeness (QED) is 0.460. The van der Waals surface area contributed by atoms with Crippen LogP contribution < -0.4 is 0 Å². The molecule has 0 heterocycles. The van der Waals surface area contributed by atoms with Crippen molar-refractivity contribution in [3.8, 4) is 0 Å². The van der Waals surface area contributed by atoms with Crippen molar-refractivity contribution in [1.82, 2.24) is 4.90 Å². The highest BCUT2D eigenvalue weighted by Gasteiger charge is 2.10. The SMILES string of the molecule is CCCCCC(C)N(C)CCC(=O)OC. The van der Waals surface area contributed by atoms with E-state index in [-0.39, 0.29) is 5.97 Å². The zero-order valence-corrected chi connectivity index (χ0v) is 10.6. The fourth-order valence-electron chi connectivity index (χ4n) is 1.50. The highest BCUT2D eigenvalue weighted by molar-refractivity contribution is 5.69. The lowest BCUT2D eigenvalue weighted by Gasteiger charge is -2.24. The normalized spacial score (nSPS) is 12.9. The van der Waals surface area contributed by atoms with Gasteiger partial charge in [0.15, 0.2) is 0 Å². The lowest BCUT2D eigenvalue weighted by molar-refractivity contribution is -0.141. The van der Waals surface area contributed by atoms with Crippen molar-refractivity contribution >= 4 is 5.97 Å². The zero-order chi connectivity index (χ0) is 11.7. The second-order valence-corrected chi connectivity index (χ2v) is 4.15. The monoisotopic (exact) mass is 215 g/mol. The largest absolute Gasteiger partial charge is 0.469 e. The second-order valence-electron chi connectivity index (χ2n) is 4.15. The maximum Gasteiger partial charge on any atom is 0.306 e. The zero-order valence-electron chi connectivity index (χ0n) is 10.6. The number of esters is 1. The third kappa shape index (κ3) is 7.37. The van der Waals surface area contributed by atoms with Gasteiger partial charge in [0.25, 0.3) is 0 Å². The van der Waals surface area contributed by atoms with Crippen LogP contribution in [0.15, 0.2) is 0 Å². The summed E-state index contributed by atoms with van der Waals surface area (Å²) in [5.74, 6) is -0.123. The summed E-state index contributed by atoms with van der Waals surface area (Å²) in [4.78, 5) is 13.2. The molecule has 3 heteroatoms. The van der Waals surface area contributed by atoms with Crippen LogP contribution in [0, 0.1) is 0 Å². The summed E-state index contributed by atoms with van der Waals surface area (Å²) in [7, 11) is 3.51. The van der Waals surface area contributed by atoms with E-state index >= 15 is 0 Å². The van der Waals surface area contributed by atoms with Crippen LogP contribution >= 0.6 is 0 Å². The molecule has 0 bridgehead atoms. The molecule has 0 radical (unpaired) electrons. The minimum Gasteiger partial charge on any atom is -0.469 e. The Morgan fingerprint density at radius 1 is 1.40 bits per heavy atom. The van der Waals surface area contributed by atoms with Crippen molar-refractivity contribution in [2.45, 2.75) is 52.0 Å². The Balaban J connectivity index is 3.59. The molecule has 1 unspecified atom stereocenters. The molecule has 0 amide bonds. The molecule has 1 atom stereocenters. The number of hydrogen-bond acceptors (Lipinski definition) is 3. The van der Waals surface area contributed by atoms with Gasteiger partial charge in [-0.3, -0.25) is 4.79 Å². The van der Waals surface area contributed by atoms with Crippen molar-refractivity contribution in [3.63, 3.8) is 0 Å². The van der Waals surface area contributed by atoms with Crippen LogP contribution in [0.1, 0.15) is 46.0 Å². The number of nitrogens with zero attached hydrogens (tertiary/aromatic N) is 1. The fourth-order valence-corrected chi connectivity index (χ4v) is 1.50. The Morgan fingerprint density at radius 2 is 2.07 bits per heavy atom. The van der Waals surface area contributed by atoms with Crippen LogP contribution in [0.2, 0.25) is 0 Å². The number of rotatable bonds is 8. The molecule has 90 valence electrons. The molecule has 0 aliphatic carbocycles. The summed E-state index contributed by atoms with van der Waals surface area (Å²) in [6, 6.07) is 0.557. The Bertz CT molecular complexity index is 171. The van der Waals surface area contributed by atoms with E-state index in [0.717, 1.165) is 6.54 Å². The molecule has 0 aromatic rings. The topological polar surface area (TPSA) is 29.5 Å². The molecule has 0 aromatic carbocycles. The number of carbonyl (C=O) groups is 1.